The molecule has 0 unspecified atom stereocenters. The van der Waals surface area contributed by atoms with E-state index in [4.69, 9.17) is 18.7 Å². The van der Waals surface area contributed by atoms with Crippen LogP contribution in [0.15, 0.2) is 40.9 Å². The maximum Gasteiger partial charge on any atom is 0.218 e. The predicted octanol–water partition coefficient (Wildman–Crippen LogP) is 2.44. The van der Waals surface area contributed by atoms with Crippen molar-refractivity contribution in [1.82, 2.24) is 5.16 Å². The number of fused-ring (bicyclic) bond motifs is 2. The van der Waals surface area contributed by atoms with Crippen molar-refractivity contribution in [3.63, 3.8) is 0 Å². The molecular formula is C18H17NO5. The predicted molar refractivity (Wildman–Crippen MR) is 84.7 cm³/mol. The molecule has 4 rings (SSSR count). The first-order valence-electron chi connectivity index (χ1n) is 7.88. The summed E-state index contributed by atoms with van der Waals surface area (Å²) in [4.78, 5) is 11.7. The van der Waals surface area contributed by atoms with Gasteiger partial charge in [0.1, 0.15) is 18.4 Å². The fourth-order valence-electron chi connectivity index (χ4n) is 2.79. The third-order valence-electron chi connectivity index (χ3n) is 4.05. The third-order valence-corrected chi connectivity index (χ3v) is 4.05. The second-order valence-corrected chi connectivity index (χ2v) is 5.82. The smallest absolute Gasteiger partial charge is 0.218 e. The van der Waals surface area contributed by atoms with Crippen LogP contribution in [0.4, 0.5) is 0 Å². The average molecular weight is 327 g/mol. The fraction of sp³-hybridized carbons (Fsp3) is 0.333. The molecule has 124 valence electrons. The van der Waals surface area contributed by atoms with E-state index in [1.165, 1.54) is 0 Å². The van der Waals surface area contributed by atoms with Gasteiger partial charge in [0, 0.05) is 12.5 Å². The number of hydrogen-bond acceptors (Lipinski definition) is 6. The van der Waals surface area contributed by atoms with Crippen LogP contribution in [-0.2, 0) is 25.6 Å². The summed E-state index contributed by atoms with van der Waals surface area (Å²) >= 11 is 0. The normalized spacial score (nSPS) is 26.3. The second kappa shape index (κ2) is 6.68. The number of hydrogen-bond donors (Lipinski definition) is 0. The molecule has 2 saturated heterocycles. The minimum absolute atomic E-state index is 0.0715. The van der Waals surface area contributed by atoms with Crippen LogP contribution < -0.4 is 0 Å². The quantitative estimate of drug-likeness (QED) is 0.840. The molecule has 1 aromatic carbocycles. The van der Waals surface area contributed by atoms with E-state index < -0.39 is 6.29 Å². The Hall–Kier alpha value is -2.28. The molecule has 3 atom stereocenters. The highest BCUT2D eigenvalue weighted by atomic mass is 16.7. The second-order valence-electron chi connectivity index (χ2n) is 5.82. The first-order chi connectivity index (χ1) is 11.8. The van der Waals surface area contributed by atoms with Crippen LogP contribution in [0.3, 0.4) is 0 Å². The molecular weight excluding hydrogens is 310 g/mol. The molecule has 6 nitrogen and oxygen atoms in total. The summed E-state index contributed by atoms with van der Waals surface area (Å²) in [6.07, 6.45) is 2.97. The van der Waals surface area contributed by atoms with Gasteiger partial charge >= 0.3 is 0 Å². The monoisotopic (exact) mass is 327 g/mol. The van der Waals surface area contributed by atoms with Crippen molar-refractivity contribution >= 4 is 17.9 Å². The van der Waals surface area contributed by atoms with Crippen molar-refractivity contribution in [1.29, 1.82) is 0 Å². The number of ether oxygens (including phenoxy) is 3. The van der Waals surface area contributed by atoms with Crippen molar-refractivity contribution in [2.75, 3.05) is 6.61 Å². The summed E-state index contributed by atoms with van der Waals surface area (Å²) in [6.45, 7) is 0.636. The standard InChI is InChI=1S/C18H17NO5/c20-15-9-16(17-11-22-18(15)23-17)21-10-14-8-13(19-24-14)7-6-12-4-2-1-3-5-12/h1-8,16-18H,9-11H2/b7-6+/t16-,17+,18+/m0/s1. The van der Waals surface area contributed by atoms with Gasteiger partial charge < -0.3 is 18.7 Å². The van der Waals surface area contributed by atoms with Crippen LogP contribution in [0.2, 0.25) is 0 Å². The first-order valence-corrected chi connectivity index (χ1v) is 7.88. The van der Waals surface area contributed by atoms with Crippen molar-refractivity contribution < 1.29 is 23.5 Å². The highest BCUT2D eigenvalue weighted by molar-refractivity contribution is 5.83. The van der Waals surface area contributed by atoms with Crippen LogP contribution in [0, 0.1) is 0 Å². The van der Waals surface area contributed by atoms with Gasteiger partial charge in [-0.05, 0) is 11.6 Å². The number of aromatic nitrogens is 1. The molecule has 2 bridgehead atoms. The summed E-state index contributed by atoms with van der Waals surface area (Å²) < 4.78 is 21.7. The highest BCUT2D eigenvalue weighted by Gasteiger charge is 2.43. The van der Waals surface area contributed by atoms with Gasteiger partial charge in [-0.1, -0.05) is 41.6 Å². The zero-order valence-corrected chi connectivity index (χ0v) is 13.0. The molecule has 2 fully saturated rings. The van der Waals surface area contributed by atoms with Gasteiger partial charge in [0.25, 0.3) is 0 Å². The lowest BCUT2D eigenvalue weighted by Gasteiger charge is -2.25. The van der Waals surface area contributed by atoms with Gasteiger partial charge in [0.2, 0.25) is 6.29 Å². The number of Topliss-reactive ketones (excluding diaryl/α,β-unsaturated/α-hetero) is 1. The highest BCUT2D eigenvalue weighted by Crippen LogP contribution is 2.27. The van der Waals surface area contributed by atoms with Crippen LogP contribution in [0.5, 0.6) is 0 Å². The number of rotatable bonds is 5. The van der Waals surface area contributed by atoms with Gasteiger partial charge in [0.15, 0.2) is 11.5 Å². The van der Waals surface area contributed by atoms with E-state index >= 15 is 0 Å². The van der Waals surface area contributed by atoms with Crippen molar-refractivity contribution in [3.8, 4) is 0 Å². The third kappa shape index (κ3) is 3.31. The lowest BCUT2D eigenvalue weighted by Crippen LogP contribution is -2.40. The van der Waals surface area contributed by atoms with E-state index in [1.807, 2.05) is 48.6 Å². The van der Waals surface area contributed by atoms with Crippen LogP contribution in [0.25, 0.3) is 12.2 Å². The topological polar surface area (TPSA) is 70.8 Å². The lowest BCUT2D eigenvalue weighted by molar-refractivity contribution is -0.168. The van der Waals surface area contributed by atoms with Gasteiger partial charge in [-0.3, -0.25) is 4.79 Å². The molecule has 2 aliphatic heterocycles. The van der Waals surface area contributed by atoms with Gasteiger partial charge in [-0.15, -0.1) is 0 Å². The van der Waals surface area contributed by atoms with Crippen molar-refractivity contribution in [2.45, 2.75) is 31.5 Å². The molecule has 0 amide bonds. The molecule has 3 heterocycles. The largest absolute Gasteiger partial charge is 0.367 e. The molecule has 0 spiro atoms. The molecule has 0 radical (unpaired) electrons. The van der Waals surface area contributed by atoms with Crippen molar-refractivity contribution in [3.05, 3.63) is 53.4 Å². The minimum atomic E-state index is -0.699. The molecule has 1 aromatic heterocycles. The minimum Gasteiger partial charge on any atom is -0.367 e. The van der Waals surface area contributed by atoms with E-state index in [-0.39, 0.29) is 24.6 Å². The first kappa shape index (κ1) is 15.3. The molecule has 0 N–H and O–H groups in total. The van der Waals surface area contributed by atoms with Gasteiger partial charge in [-0.25, -0.2) is 0 Å². The molecule has 24 heavy (non-hydrogen) atoms. The summed E-state index contributed by atoms with van der Waals surface area (Å²) in [6, 6.07) is 11.8. The summed E-state index contributed by atoms with van der Waals surface area (Å²) in [5, 5.41) is 3.99. The molecule has 0 saturated carbocycles. The van der Waals surface area contributed by atoms with E-state index in [0.29, 0.717) is 18.8 Å². The summed E-state index contributed by atoms with van der Waals surface area (Å²) in [7, 11) is 0. The number of nitrogens with zero attached hydrogens (tertiary/aromatic N) is 1. The zero-order valence-electron chi connectivity index (χ0n) is 13.0. The van der Waals surface area contributed by atoms with Crippen molar-refractivity contribution in [2.24, 2.45) is 0 Å². The van der Waals surface area contributed by atoms with E-state index in [2.05, 4.69) is 5.16 Å². The zero-order chi connectivity index (χ0) is 16.4. The van der Waals surface area contributed by atoms with Crippen LogP contribution in [0.1, 0.15) is 23.4 Å². The van der Waals surface area contributed by atoms with Crippen LogP contribution >= 0.6 is 0 Å². The molecule has 6 heteroatoms. The summed E-state index contributed by atoms with van der Waals surface area (Å²) in [5.74, 6) is 0.536. The Bertz CT molecular complexity index is 739. The maximum atomic E-state index is 11.7. The molecule has 2 aromatic rings. The number of carbonyl (C=O) groups is 1. The van der Waals surface area contributed by atoms with Gasteiger partial charge in [0.05, 0.1) is 12.7 Å². The Balaban J connectivity index is 1.34. The Kier molecular flexibility index (Phi) is 4.25. The fourth-order valence-corrected chi connectivity index (χ4v) is 2.79. The van der Waals surface area contributed by atoms with E-state index in [0.717, 1.165) is 11.3 Å². The maximum absolute atomic E-state index is 11.7. The Labute approximate surface area is 139 Å². The Morgan fingerprint density at radius 3 is 3.00 bits per heavy atom. The van der Waals surface area contributed by atoms with Crippen LogP contribution in [-0.4, -0.2) is 36.0 Å². The Morgan fingerprint density at radius 2 is 2.12 bits per heavy atom. The van der Waals surface area contributed by atoms with E-state index in [9.17, 15) is 4.79 Å². The van der Waals surface area contributed by atoms with E-state index in [1.54, 1.807) is 0 Å². The summed E-state index contributed by atoms with van der Waals surface area (Å²) in [5.41, 5.74) is 1.81. The Morgan fingerprint density at radius 1 is 1.25 bits per heavy atom. The number of ketones is 1. The molecule has 2 aliphatic rings. The number of carbonyl (C=O) groups excluding carboxylic acids is 1. The SMILES string of the molecule is O=C1C[C@H](OCc2cc(/C=C/c3ccccc3)no2)[C@H]2CO[C@@H]1O2. The lowest BCUT2D eigenvalue weighted by atomic mass is 10.1. The molecule has 0 aliphatic carbocycles. The average Bonchev–Trinajstić information content (AvgIpc) is 3.24. The number of benzene rings is 1. The van der Waals surface area contributed by atoms with Gasteiger partial charge in [-0.2, -0.15) is 0 Å².